The Labute approximate surface area is 295 Å². The quantitative estimate of drug-likeness (QED) is 0.0381. The minimum atomic E-state index is -4.04. The summed E-state index contributed by atoms with van der Waals surface area (Å²) in [5.41, 5.74) is 0. The van der Waals surface area contributed by atoms with Crippen LogP contribution in [0.1, 0.15) is 226 Å². The molecule has 0 aromatic carbocycles. The van der Waals surface area contributed by atoms with E-state index >= 15 is 0 Å². The Morgan fingerprint density at radius 3 is 1.21 bits per heavy atom. The number of hydrogen-bond acceptors (Lipinski definition) is 4. The van der Waals surface area contributed by atoms with Gasteiger partial charge in [-0.1, -0.05) is 219 Å². The Balaban J connectivity index is 3.77. The van der Waals surface area contributed by atoms with E-state index in [-0.39, 0.29) is 12.7 Å². The lowest BCUT2D eigenvalue weighted by Gasteiger charge is -2.21. The maximum Gasteiger partial charge on any atom is 0.472 e. The van der Waals surface area contributed by atoms with Crippen molar-refractivity contribution in [3.05, 3.63) is 12.7 Å². The highest BCUT2D eigenvalue weighted by Gasteiger charge is 2.26. The summed E-state index contributed by atoms with van der Waals surface area (Å²) in [4.78, 5) is 10.4. The second-order valence-corrected chi connectivity index (χ2v) is 15.8. The van der Waals surface area contributed by atoms with Crippen LogP contribution in [0.25, 0.3) is 0 Å². The van der Waals surface area contributed by atoms with Gasteiger partial charge in [-0.2, -0.15) is 0 Å². The second-order valence-electron chi connectivity index (χ2n) is 14.4. The number of nitrogens with one attached hydrogen (secondary N) is 1. The molecule has 0 aromatic rings. The summed E-state index contributed by atoms with van der Waals surface area (Å²) in [5, 5.41) is 3.26. The molecule has 0 fully saturated rings. The molecule has 0 saturated carbocycles. The van der Waals surface area contributed by atoms with Crippen molar-refractivity contribution in [1.82, 2.24) is 5.32 Å². The lowest BCUT2D eigenvalue weighted by atomic mass is 10.0. The number of unbranched alkanes of at least 4 members (excludes halogenated alkanes) is 30. The van der Waals surface area contributed by atoms with Gasteiger partial charge in [0, 0.05) is 13.1 Å². The van der Waals surface area contributed by atoms with Crippen LogP contribution in [0, 0.1) is 0 Å². The predicted molar refractivity (Wildman–Crippen MR) is 207 cm³/mol. The van der Waals surface area contributed by atoms with Gasteiger partial charge in [-0.05, 0) is 12.8 Å². The minimum absolute atomic E-state index is 0.290. The van der Waals surface area contributed by atoms with Crippen LogP contribution in [-0.4, -0.2) is 30.7 Å². The molecule has 0 radical (unpaired) electrons. The molecule has 2 N–H and O–H groups in total. The monoisotopic (exact) mass is 686 g/mol. The smallest absolute Gasteiger partial charge is 0.311 e. The van der Waals surface area contributed by atoms with Crippen LogP contribution in [0.15, 0.2) is 12.7 Å². The normalized spacial score (nSPS) is 13.6. The molecular formula is C41H84NO4P. The third-order valence-electron chi connectivity index (χ3n) is 9.57. The number of rotatable bonds is 41. The third-order valence-corrected chi connectivity index (χ3v) is 10.6. The molecule has 0 aliphatic carbocycles. The van der Waals surface area contributed by atoms with E-state index in [0.29, 0.717) is 13.1 Å². The Morgan fingerprint density at radius 1 is 0.553 bits per heavy atom. The van der Waals surface area contributed by atoms with E-state index in [1.165, 1.54) is 180 Å². The van der Waals surface area contributed by atoms with E-state index in [0.717, 1.165) is 32.1 Å². The molecule has 5 nitrogen and oxygen atoms in total. The lowest BCUT2D eigenvalue weighted by Crippen LogP contribution is -2.29. The van der Waals surface area contributed by atoms with E-state index in [1.807, 2.05) is 0 Å². The van der Waals surface area contributed by atoms with E-state index in [4.69, 9.17) is 9.05 Å². The van der Waals surface area contributed by atoms with Gasteiger partial charge in [0.2, 0.25) is 0 Å². The molecule has 0 saturated heterocycles. The zero-order chi connectivity index (χ0) is 34.4. The fourth-order valence-corrected chi connectivity index (χ4v) is 7.48. The molecule has 47 heavy (non-hydrogen) atoms. The van der Waals surface area contributed by atoms with Crippen LogP contribution >= 0.6 is 7.82 Å². The van der Waals surface area contributed by atoms with Crippen LogP contribution in [0.3, 0.4) is 0 Å². The van der Waals surface area contributed by atoms with Crippen molar-refractivity contribution in [3.8, 4) is 0 Å². The van der Waals surface area contributed by atoms with Gasteiger partial charge in [0.25, 0.3) is 0 Å². The summed E-state index contributed by atoms with van der Waals surface area (Å²) in [7, 11) is -4.04. The molecule has 2 unspecified atom stereocenters. The fraction of sp³-hybridized carbons (Fsp3) is 0.951. The van der Waals surface area contributed by atoms with Crippen LogP contribution in [0.5, 0.6) is 0 Å². The van der Waals surface area contributed by atoms with Gasteiger partial charge < -0.3 is 10.2 Å². The van der Waals surface area contributed by atoms with Crippen molar-refractivity contribution < 1.29 is 18.5 Å². The largest absolute Gasteiger partial charge is 0.472 e. The first kappa shape index (κ1) is 46.8. The van der Waals surface area contributed by atoms with Crippen LogP contribution in [0.2, 0.25) is 0 Å². The summed E-state index contributed by atoms with van der Waals surface area (Å²) in [6.07, 6.45) is 44.6. The van der Waals surface area contributed by atoms with Crippen LogP contribution in [0.4, 0.5) is 0 Å². The zero-order valence-corrected chi connectivity index (χ0v) is 32.8. The van der Waals surface area contributed by atoms with Gasteiger partial charge >= 0.3 is 7.82 Å². The topological polar surface area (TPSA) is 67.8 Å². The predicted octanol–water partition coefficient (Wildman–Crippen LogP) is 14.2. The van der Waals surface area contributed by atoms with Crippen molar-refractivity contribution in [2.45, 2.75) is 232 Å². The van der Waals surface area contributed by atoms with E-state index in [2.05, 4.69) is 25.7 Å². The maximum atomic E-state index is 12.7. The molecule has 0 aromatic heterocycles. The van der Waals surface area contributed by atoms with Gasteiger partial charge in [0.15, 0.2) is 0 Å². The molecule has 282 valence electrons. The van der Waals surface area contributed by atoms with Gasteiger partial charge in [-0.25, -0.2) is 4.57 Å². The summed E-state index contributed by atoms with van der Waals surface area (Å²) in [5.74, 6) is 0. The Kier molecular flexibility index (Phi) is 38.5. The average Bonchev–Trinajstić information content (AvgIpc) is 3.05. The van der Waals surface area contributed by atoms with Crippen LogP contribution in [-0.2, 0) is 13.6 Å². The first-order valence-corrected chi connectivity index (χ1v) is 22.5. The first-order valence-electron chi connectivity index (χ1n) is 21.0. The highest BCUT2D eigenvalue weighted by atomic mass is 31.2. The SMILES string of the molecule is C=CCNCC(CCCCCCCCCCCCCCCCCC)OP(=O)(O)OCCCCCCCCCCCCCCCCCC. The van der Waals surface area contributed by atoms with Crippen LogP contribution < -0.4 is 5.32 Å². The molecule has 0 amide bonds. The Bertz CT molecular complexity index is 661. The number of phosphoric acid groups is 1. The van der Waals surface area contributed by atoms with Gasteiger partial charge in [0.1, 0.15) is 0 Å². The highest BCUT2D eigenvalue weighted by Crippen LogP contribution is 2.45. The molecular weight excluding hydrogens is 601 g/mol. The van der Waals surface area contributed by atoms with Gasteiger partial charge in [-0.3, -0.25) is 9.05 Å². The molecule has 6 heteroatoms. The Morgan fingerprint density at radius 2 is 0.872 bits per heavy atom. The minimum Gasteiger partial charge on any atom is -0.311 e. The zero-order valence-electron chi connectivity index (χ0n) is 31.9. The molecule has 0 bridgehead atoms. The lowest BCUT2D eigenvalue weighted by molar-refractivity contribution is 0.0962. The average molecular weight is 686 g/mol. The molecule has 0 aliphatic heterocycles. The van der Waals surface area contributed by atoms with E-state index in [1.54, 1.807) is 6.08 Å². The fourth-order valence-electron chi connectivity index (χ4n) is 6.51. The van der Waals surface area contributed by atoms with Gasteiger partial charge in [0.05, 0.1) is 12.7 Å². The first-order chi connectivity index (χ1) is 23.1. The Hall–Kier alpha value is -0.190. The van der Waals surface area contributed by atoms with Crippen molar-refractivity contribution >= 4 is 7.82 Å². The second kappa shape index (κ2) is 38.6. The molecule has 0 rings (SSSR count). The number of phosphoric ester groups is 1. The maximum absolute atomic E-state index is 12.7. The molecule has 0 aliphatic rings. The molecule has 2 atom stereocenters. The van der Waals surface area contributed by atoms with Gasteiger partial charge in [-0.15, -0.1) is 6.58 Å². The standard InChI is InChI=1S/C41H84NO4P/c1-4-7-9-11-13-15-17-19-21-23-25-27-29-31-33-35-37-41(40-42-38-6-3)46-47(43,44)45-39-36-34-32-30-28-26-24-22-20-18-16-14-12-10-8-5-2/h6,41-42H,3-5,7-40H2,1-2H3,(H,43,44). The van der Waals surface area contributed by atoms with Crippen molar-refractivity contribution in [3.63, 3.8) is 0 Å². The van der Waals surface area contributed by atoms with E-state index in [9.17, 15) is 9.46 Å². The summed E-state index contributed by atoms with van der Waals surface area (Å²) < 4.78 is 23.6. The summed E-state index contributed by atoms with van der Waals surface area (Å²) >= 11 is 0. The number of hydrogen-bond donors (Lipinski definition) is 2. The highest BCUT2D eigenvalue weighted by molar-refractivity contribution is 7.47. The van der Waals surface area contributed by atoms with Crippen molar-refractivity contribution in [2.75, 3.05) is 19.7 Å². The molecule has 0 spiro atoms. The van der Waals surface area contributed by atoms with E-state index < -0.39 is 7.82 Å². The van der Waals surface area contributed by atoms with Crippen molar-refractivity contribution in [2.24, 2.45) is 0 Å². The van der Waals surface area contributed by atoms with Crippen molar-refractivity contribution in [1.29, 1.82) is 0 Å². The summed E-state index contributed by atoms with van der Waals surface area (Å²) in [6.45, 7) is 9.81. The molecule has 0 heterocycles. The summed E-state index contributed by atoms with van der Waals surface area (Å²) in [6, 6.07) is 0. The third kappa shape index (κ3) is 38.5.